The van der Waals surface area contributed by atoms with Crippen LogP contribution in [0.15, 0.2) is 60.7 Å². The van der Waals surface area contributed by atoms with E-state index in [1.807, 2.05) is 36.1 Å². The molecule has 5 heteroatoms. The summed E-state index contributed by atoms with van der Waals surface area (Å²) in [6.07, 6.45) is 3.13. The molecular weight excluding hydrogens is 422 g/mol. The van der Waals surface area contributed by atoms with Crippen molar-refractivity contribution >= 4 is 28.3 Å². The number of carbonyl (C=O) groups excluding carboxylic acids is 2. The number of para-hydroxylation sites is 1. The van der Waals surface area contributed by atoms with E-state index >= 15 is 0 Å². The summed E-state index contributed by atoms with van der Waals surface area (Å²) >= 11 is 0. The topological polar surface area (TPSA) is 52.7 Å². The van der Waals surface area contributed by atoms with Crippen molar-refractivity contribution in [2.45, 2.75) is 50.1 Å². The second kappa shape index (κ2) is 7.95. The molecule has 0 radical (unpaired) electrons. The molecule has 1 fully saturated rings. The van der Waals surface area contributed by atoms with E-state index in [4.69, 9.17) is 0 Å². The Morgan fingerprint density at radius 3 is 2.53 bits per heavy atom. The molecule has 3 aromatic carbocycles. The van der Waals surface area contributed by atoms with E-state index in [0.717, 1.165) is 43.6 Å². The van der Waals surface area contributed by atoms with Crippen LogP contribution < -0.4 is 10.2 Å². The number of nitrogens with one attached hydrogen (secondary N) is 1. The standard InChI is InChI=1S/C29H31N3O2/c1-29(18-26(33)30-2)23-11-3-4-12-24(23)32(28(29)34)21-13-15-31(16-14-21)25-17-20-9-5-7-19-8-6-10-22(25)27(19)20/h3-12,21,25H,13-18H2,1-2H3,(H,30,33)/t25-,29?/m1/s1. The van der Waals surface area contributed by atoms with Gasteiger partial charge in [-0.05, 0) is 59.7 Å². The van der Waals surface area contributed by atoms with Crippen LogP contribution in [0.2, 0.25) is 0 Å². The lowest BCUT2D eigenvalue weighted by Crippen LogP contribution is -2.50. The number of hydrogen-bond donors (Lipinski definition) is 1. The number of rotatable bonds is 4. The van der Waals surface area contributed by atoms with E-state index in [-0.39, 0.29) is 24.3 Å². The first-order valence-corrected chi connectivity index (χ1v) is 12.4. The number of benzene rings is 3. The molecule has 174 valence electrons. The highest BCUT2D eigenvalue weighted by Crippen LogP contribution is 2.47. The molecule has 0 bridgehead atoms. The van der Waals surface area contributed by atoms with Gasteiger partial charge >= 0.3 is 0 Å². The lowest BCUT2D eigenvalue weighted by molar-refractivity contribution is -0.129. The normalized spacial score (nSPS) is 24.6. The van der Waals surface area contributed by atoms with Crippen molar-refractivity contribution in [2.24, 2.45) is 0 Å². The molecule has 2 amide bonds. The maximum absolute atomic E-state index is 13.8. The van der Waals surface area contributed by atoms with E-state index in [0.29, 0.717) is 6.04 Å². The zero-order chi connectivity index (χ0) is 23.4. The molecular formula is C29H31N3O2. The maximum Gasteiger partial charge on any atom is 0.238 e. The van der Waals surface area contributed by atoms with Gasteiger partial charge in [0, 0.05) is 44.3 Å². The van der Waals surface area contributed by atoms with Crippen LogP contribution in [0.3, 0.4) is 0 Å². The van der Waals surface area contributed by atoms with Crippen LogP contribution in [0.1, 0.15) is 48.9 Å². The molecule has 0 saturated carbocycles. The van der Waals surface area contributed by atoms with Gasteiger partial charge in [-0.2, -0.15) is 0 Å². The van der Waals surface area contributed by atoms with Gasteiger partial charge in [0.05, 0.1) is 5.41 Å². The third kappa shape index (κ3) is 3.10. The lowest BCUT2D eigenvalue weighted by Gasteiger charge is -2.40. The second-order valence-corrected chi connectivity index (χ2v) is 10.2. The van der Waals surface area contributed by atoms with Gasteiger partial charge in [-0.15, -0.1) is 0 Å². The van der Waals surface area contributed by atoms with Crippen molar-refractivity contribution in [3.8, 4) is 0 Å². The zero-order valence-electron chi connectivity index (χ0n) is 19.9. The van der Waals surface area contributed by atoms with Crippen molar-refractivity contribution in [3.63, 3.8) is 0 Å². The fraction of sp³-hybridized carbons (Fsp3) is 0.379. The van der Waals surface area contributed by atoms with Gasteiger partial charge in [0.2, 0.25) is 11.8 Å². The fourth-order valence-electron chi connectivity index (χ4n) is 6.58. The Hall–Kier alpha value is -3.18. The van der Waals surface area contributed by atoms with E-state index < -0.39 is 5.41 Å². The summed E-state index contributed by atoms with van der Waals surface area (Å²) in [7, 11) is 1.63. The molecule has 6 rings (SSSR count). The number of fused-ring (bicyclic) bond motifs is 1. The smallest absolute Gasteiger partial charge is 0.238 e. The monoisotopic (exact) mass is 453 g/mol. The molecule has 1 N–H and O–H groups in total. The molecule has 1 saturated heterocycles. The van der Waals surface area contributed by atoms with Crippen LogP contribution >= 0.6 is 0 Å². The van der Waals surface area contributed by atoms with Gasteiger partial charge in [0.1, 0.15) is 0 Å². The number of hydrogen-bond acceptors (Lipinski definition) is 3. The molecule has 5 nitrogen and oxygen atoms in total. The Kier molecular flexibility index (Phi) is 4.99. The average Bonchev–Trinajstić information content (AvgIpc) is 3.34. The van der Waals surface area contributed by atoms with Crippen LogP contribution in [-0.4, -0.2) is 42.9 Å². The lowest BCUT2D eigenvalue weighted by atomic mass is 9.80. The SMILES string of the molecule is CNC(=O)CC1(C)C(=O)N(C2CCN([C@@H]3Cc4cccc5cccc3c45)CC2)c2ccccc21. The molecule has 0 spiro atoms. The summed E-state index contributed by atoms with van der Waals surface area (Å²) in [5.74, 6) is -0.0360. The Morgan fingerprint density at radius 2 is 1.76 bits per heavy atom. The van der Waals surface area contributed by atoms with Crippen LogP contribution in [0.4, 0.5) is 5.69 Å². The predicted molar refractivity (Wildman–Crippen MR) is 135 cm³/mol. The van der Waals surface area contributed by atoms with Crippen molar-refractivity contribution in [1.82, 2.24) is 10.2 Å². The first-order valence-electron chi connectivity index (χ1n) is 12.4. The van der Waals surface area contributed by atoms with Crippen molar-refractivity contribution in [2.75, 3.05) is 25.0 Å². The molecule has 2 atom stereocenters. The number of anilines is 1. The molecule has 2 aliphatic heterocycles. The fourth-order valence-corrected chi connectivity index (χ4v) is 6.58. The summed E-state index contributed by atoms with van der Waals surface area (Å²) in [6.45, 7) is 3.87. The third-order valence-corrected chi connectivity index (χ3v) is 8.34. The van der Waals surface area contributed by atoms with Gasteiger partial charge in [-0.3, -0.25) is 14.5 Å². The summed E-state index contributed by atoms with van der Waals surface area (Å²) < 4.78 is 0. The van der Waals surface area contributed by atoms with E-state index in [1.54, 1.807) is 7.05 Å². The van der Waals surface area contributed by atoms with Gasteiger partial charge in [0.25, 0.3) is 0 Å². The van der Waals surface area contributed by atoms with Crippen LogP contribution in [-0.2, 0) is 21.4 Å². The Balaban J connectivity index is 1.23. The zero-order valence-corrected chi connectivity index (χ0v) is 19.9. The number of piperidine rings is 1. The van der Waals surface area contributed by atoms with Crippen LogP contribution in [0, 0.1) is 0 Å². The summed E-state index contributed by atoms with van der Waals surface area (Å²) in [5, 5.41) is 5.47. The van der Waals surface area contributed by atoms with E-state index in [2.05, 4.69) is 46.6 Å². The Morgan fingerprint density at radius 1 is 1.03 bits per heavy atom. The molecule has 1 unspecified atom stereocenters. The summed E-state index contributed by atoms with van der Waals surface area (Å²) in [6, 6.07) is 21.9. The summed E-state index contributed by atoms with van der Waals surface area (Å²) in [5.41, 5.74) is 4.05. The van der Waals surface area contributed by atoms with Gasteiger partial charge in [-0.25, -0.2) is 0 Å². The third-order valence-electron chi connectivity index (χ3n) is 8.34. The minimum Gasteiger partial charge on any atom is -0.359 e. The van der Waals surface area contributed by atoms with E-state index in [9.17, 15) is 9.59 Å². The van der Waals surface area contributed by atoms with Crippen LogP contribution in [0.25, 0.3) is 10.8 Å². The van der Waals surface area contributed by atoms with Crippen molar-refractivity contribution in [3.05, 3.63) is 77.4 Å². The highest BCUT2D eigenvalue weighted by molar-refractivity contribution is 6.10. The molecule has 2 heterocycles. The number of nitrogens with zero attached hydrogens (tertiary/aromatic N) is 2. The first kappa shape index (κ1) is 21.4. The first-order chi connectivity index (χ1) is 16.5. The second-order valence-electron chi connectivity index (χ2n) is 10.2. The van der Waals surface area contributed by atoms with Gasteiger partial charge < -0.3 is 10.2 Å². The molecule has 0 aromatic heterocycles. The maximum atomic E-state index is 13.8. The Bertz CT molecular complexity index is 1290. The number of amides is 2. The van der Waals surface area contributed by atoms with E-state index in [1.165, 1.54) is 21.9 Å². The highest BCUT2D eigenvalue weighted by Gasteiger charge is 2.50. The minimum atomic E-state index is -0.809. The Labute approximate surface area is 200 Å². The average molecular weight is 454 g/mol. The quantitative estimate of drug-likeness (QED) is 0.639. The largest absolute Gasteiger partial charge is 0.359 e. The highest BCUT2D eigenvalue weighted by atomic mass is 16.2. The predicted octanol–water partition coefficient (Wildman–Crippen LogP) is 4.34. The molecule has 34 heavy (non-hydrogen) atoms. The number of carbonyl (C=O) groups is 2. The van der Waals surface area contributed by atoms with Crippen molar-refractivity contribution in [1.29, 1.82) is 0 Å². The molecule has 3 aliphatic rings. The van der Waals surface area contributed by atoms with Crippen molar-refractivity contribution < 1.29 is 9.59 Å². The minimum absolute atomic E-state index is 0.0637. The van der Waals surface area contributed by atoms with Gasteiger partial charge in [-0.1, -0.05) is 54.6 Å². The summed E-state index contributed by atoms with van der Waals surface area (Å²) in [4.78, 5) is 30.7. The van der Waals surface area contributed by atoms with Gasteiger partial charge in [0.15, 0.2) is 0 Å². The molecule has 3 aromatic rings. The molecule has 1 aliphatic carbocycles. The van der Waals surface area contributed by atoms with Crippen LogP contribution in [0.5, 0.6) is 0 Å². The number of likely N-dealkylation sites (tertiary alicyclic amines) is 1.